The van der Waals surface area contributed by atoms with Crippen LogP contribution in [0.5, 0.6) is 5.75 Å². The minimum Gasteiger partial charge on any atom is -0.492 e. The van der Waals surface area contributed by atoms with Crippen LogP contribution in [0.2, 0.25) is 0 Å². The largest absolute Gasteiger partial charge is 0.492 e. The highest BCUT2D eigenvalue weighted by Gasteiger charge is 2.28. The number of hydrogen-bond donors (Lipinski definition) is 4. The van der Waals surface area contributed by atoms with Crippen LogP contribution in [-0.2, 0) is 0 Å². The Bertz CT molecular complexity index is 521. The number of ether oxygens (including phenoxy) is 1. The molecule has 0 unspecified atom stereocenters. The van der Waals surface area contributed by atoms with Gasteiger partial charge < -0.3 is 26.4 Å². The highest BCUT2D eigenvalue weighted by atomic mass is 32.1. The fourth-order valence-electron chi connectivity index (χ4n) is 2.53. The third-order valence-electron chi connectivity index (χ3n) is 3.90. The Morgan fingerprint density at radius 3 is 2.62 bits per heavy atom. The maximum atomic E-state index is 12.2. The number of nitrogens with two attached hydrogens (primary N) is 1. The maximum absolute atomic E-state index is 12.2. The summed E-state index contributed by atoms with van der Waals surface area (Å²) < 4.78 is 5.40. The van der Waals surface area contributed by atoms with E-state index in [1.54, 1.807) is 7.11 Å². The number of amides is 1. The molecule has 5 N–H and O–H groups in total. The van der Waals surface area contributed by atoms with Gasteiger partial charge in [-0.1, -0.05) is 0 Å². The van der Waals surface area contributed by atoms with E-state index in [9.17, 15) is 4.79 Å². The average Bonchev–Trinajstić information content (AvgIpc) is 3.24. The Morgan fingerprint density at radius 2 is 2.00 bits per heavy atom. The van der Waals surface area contributed by atoms with Crippen molar-refractivity contribution in [1.82, 2.24) is 10.6 Å². The molecular weight excluding hydrogens is 288 g/mol. The van der Waals surface area contributed by atoms with E-state index in [-0.39, 0.29) is 5.91 Å². The Labute approximate surface area is 128 Å². The highest BCUT2D eigenvalue weighted by molar-refractivity contribution is 7.19. The van der Waals surface area contributed by atoms with Crippen molar-refractivity contribution in [3.8, 4) is 5.75 Å². The van der Waals surface area contributed by atoms with E-state index >= 15 is 0 Å². The van der Waals surface area contributed by atoms with Crippen molar-refractivity contribution >= 4 is 27.9 Å². The standard InChI is InChI=1S/C14H22N4O2S/c1-20-11-10(15)12(13(19)17-8-2-3-8)21-14(11)18-9-4-6-16-7-5-9/h8-9,16,18H,2-7,15H2,1H3,(H,17,19). The van der Waals surface area contributed by atoms with Crippen LogP contribution in [-0.4, -0.2) is 38.2 Å². The summed E-state index contributed by atoms with van der Waals surface area (Å²) in [5.41, 5.74) is 6.53. The molecule has 3 rings (SSSR count). The molecule has 0 radical (unpaired) electrons. The zero-order valence-corrected chi connectivity index (χ0v) is 13.0. The lowest BCUT2D eigenvalue weighted by atomic mass is 10.1. The van der Waals surface area contributed by atoms with Crippen LogP contribution < -0.4 is 26.4 Å². The van der Waals surface area contributed by atoms with Crippen molar-refractivity contribution < 1.29 is 9.53 Å². The predicted molar refractivity (Wildman–Crippen MR) is 85.3 cm³/mol. The average molecular weight is 310 g/mol. The summed E-state index contributed by atoms with van der Waals surface area (Å²) in [6.07, 6.45) is 4.25. The maximum Gasteiger partial charge on any atom is 0.263 e. The molecule has 1 aliphatic carbocycles. The molecule has 2 heterocycles. The molecule has 1 saturated heterocycles. The first-order valence-corrected chi connectivity index (χ1v) is 8.25. The van der Waals surface area contributed by atoms with Gasteiger partial charge in [-0.25, -0.2) is 0 Å². The molecule has 0 aromatic carbocycles. The van der Waals surface area contributed by atoms with Gasteiger partial charge in [0.25, 0.3) is 5.91 Å². The van der Waals surface area contributed by atoms with Gasteiger partial charge in [-0.3, -0.25) is 4.79 Å². The van der Waals surface area contributed by atoms with Crippen LogP contribution in [0.3, 0.4) is 0 Å². The number of carbonyl (C=O) groups excluding carboxylic acids is 1. The van der Waals surface area contributed by atoms with E-state index in [4.69, 9.17) is 10.5 Å². The molecule has 1 amide bonds. The summed E-state index contributed by atoms with van der Waals surface area (Å²) in [6, 6.07) is 0.725. The molecule has 1 aliphatic heterocycles. The second-order valence-electron chi connectivity index (χ2n) is 5.62. The number of methoxy groups -OCH3 is 1. The highest BCUT2D eigenvalue weighted by Crippen LogP contribution is 2.43. The molecule has 0 atom stereocenters. The lowest BCUT2D eigenvalue weighted by Crippen LogP contribution is -2.35. The lowest BCUT2D eigenvalue weighted by Gasteiger charge is -2.24. The molecule has 1 aromatic heterocycles. The van der Waals surface area contributed by atoms with Crippen molar-refractivity contribution in [2.45, 2.75) is 37.8 Å². The quantitative estimate of drug-likeness (QED) is 0.660. The topological polar surface area (TPSA) is 88.4 Å². The van der Waals surface area contributed by atoms with Gasteiger partial charge >= 0.3 is 0 Å². The number of carbonyl (C=O) groups is 1. The Hall–Kier alpha value is -1.47. The van der Waals surface area contributed by atoms with Crippen molar-refractivity contribution in [3.05, 3.63) is 4.88 Å². The number of piperidine rings is 1. The molecule has 0 spiro atoms. The van der Waals surface area contributed by atoms with Crippen LogP contribution >= 0.6 is 11.3 Å². The SMILES string of the molecule is COc1c(NC2CCNCC2)sc(C(=O)NC2CC2)c1N. The fourth-order valence-corrected chi connectivity index (χ4v) is 3.60. The van der Waals surface area contributed by atoms with Gasteiger partial charge in [0.05, 0.1) is 7.11 Å². The van der Waals surface area contributed by atoms with Gasteiger partial charge in [-0.15, -0.1) is 11.3 Å². The summed E-state index contributed by atoms with van der Waals surface area (Å²) in [5.74, 6) is 0.510. The summed E-state index contributed by atoms with van der Waals surface area (Å²) in [6.45, 7) is 2.02. The second-order valence-corrected chi connectivity index (χ2v) is 6.64. The Morgan fingerprint density at radius 1 is 1.29 bits per heavy atom. The first-order chi connectivity index (χ1) is 10.2. The molecule has 6 nitrogen and oxygen atoms in total. The fraction of sp³-hybridized carbons (Fsp3) is 0.643. The predicted octanol–water partition coefficient (Wildman–Crippen LogP) is 1.39. The molecule has 0 bridgehead atoms. The molecule has 2 fully saturated rings. The van der Waals surface area contributed by atoms with Crippen molar-refractivity contribution in [1.29, 1.82) is 0 Å². The Balaban J connectivity index is 1.76. The number of thiophene rings is 1. The van der Waals surface area contributed by atoms with Crippen molar-refractivity contribution in [2.24, 2.45) is 0 Å². The smallest absolute Gasteiger partial charge is 0.263 e. The lowest BCUT2D eigenvalue weighted by molar-refractivity contribution is 0.0956. The summed E-state index contributed by atoms with van der Waals surface area (Å²) in [7, 11) is 1.59. The van der Waals surface area contributed by atoms with Gasteiger partial charge in [0, 0.05) is 12.1 Å². The molecule has 1 saturated carbocycles. The van der Waals surface area contributed by atoms with E-state index < -0.39 is 0 Å². The molecule has 1 aromatic rings. The minimum absolute atomic E-state index is 0.0864. The molecule has 2 aliphatic rings. The van der Waals surface area contributed by atoms with Crippen molar-refractivity contribution in [2.75, 3.05) is 31.2 Å². The normalized spacial score (nSPS) is 19.3. The van der Waals surface area contributed by atoms with E-state index in [2.05, 4.69) is 16.0 Å². The van der Waals surface area contributed by atoms with E-state index in [1.165, 1.54) is 11.3 Å². The van der Waals surface area contributed by atoms with Crippen molar-refractivity contribution in [3.63, 3.8) is 0 Å². The number of nitrogen functional groups attached to an aromatic ring is 1. The van der Waals surface area contributed by atoms with Crippen LogP contribution in [0.4, 0.5) is 10.7 Å². The zero-order valence-electron chi connectivity index (χ0n) is 12.2. The van der Waals surface area contributed by atoms with Gasteiger partial charge in [0.2, 0.25) is 0 Å². The number of nitrogens with one attached hydrogen (secondary N) is 3. The number of hydrogen-bond acceptors (Lipinski definition) is 6. The summed E-state index contributed by atoms with van der Waals surface area (Å²) in [5, 5.41) is 10.7. The second kappa shape index (κ2) is 6.11. The van der Waals surface area contributed by atoms with Crippen LogP contribution in [0, 0.1) is 0 Å². The molecule has 21 heavy (non-hydrogen) atoms. The summed E-state index contributed by atoms with van der Waals surface area (Å²) >= 11 is 1.39. The van der Waals surface area contributed by atoms with E-state index in [0.29, 0.717) is 28.4 Å². The van der Waals surface area contributed by atoms with Crippen LogP contribution in [0.25, 0.3) is 0 Å². The van der Waals surface area contributed by atoms with Crippen LogP contribution in [0.15, 0.2) is 0 Å². The number of rotatable bonds is 5. The molecule has 7 heteroatoms. The van der Waals surface area contributed by atoms with Crippen LogP contribution in [0.1, 0.15) is 35.4 Å². The first-order valence-electron chi connectivity index (χ1n) is 7.43. The molecular formula is C14H22N4O2S. The number of anilines is 2. The minimum atomic E-state index is -0.0864. The van der Waals surface area contributed by atoms with E-state index in [0.717, 1.165) is 43.8 Å². The third kappa shape index (κ3) is 3.24. The van der Waals surface area contributed by atoms with Gasteiger partial charge in [-0.2, -0.15) is 0 Å². The van der Waals surface area contributed by atoms with Gasteiger partial charge in [-0.05, 0) is 38.8 Å². The monoisotopic (exact) mass is 310 g/mol. The van der Waals surface area contributed by atoms with Gasteiger partial charge in [0.1, 0.15) is 15.6 Å². The first kappa shape index (κ1) is 14.5. The summed E-state index contributed by atoms with van der Waals surface area (Å²) in [4.78, 5) is 12.8. The zero-order chi connectivity index (χ0) is 14.8. The Kier molecular flexibility index (Phi) is 4.21. The molecule has 116 valence electrons. The van der Waals surface area contributed by atoms with Gasteiger partial charge in [0.15, 0.2) is 5.75 Å². The van der Waals surface area contributed by atoms with E-state index in [1.807, 2.05) is 0 Å². The third-order valence-corrected chi connectivity index (χ3v) is 5.01.